The molecule has 2 amide bonds. The maximum Gasteiger partial charge on any atom is 0.293 e. The monoisotopic (exact) mass is 458 g/mol. The normalized spacial score (nSPS) is 11.1. The van der Waals surface area contributed by atoms with Gasteiger partial charge in [-0.2, -0.15) is 0 Å². The summed E-state index contributed by atoms with van der Waals surface area (Å²) in [6.45, 7) is 1.94. The van der Waals surface area contributed by atoms with Gasteiger partial charge in [-0.1, -0.05) is 35.9 Å². The van der Waals surface area contributed by atoms with Gasteiger partial charge in [-0.25, -0.2) is 0 Å². The van der Waals surface area contributed by atoms with Crippen molar-refractivity contribution in [2.75, 3.05) is 10.6 Å². The highest BCUT2D eigenvalue weighted by atomic mass is 35.5. The van der Waals surface area contributed by atoms with Gasteiger partial charge in [-0.15, -0.1) is 0 Å². The number of hydrogen-bond acceptors (Lipinski definition) is 4. The molecule has 7 heteroatoms. The zero-order valence-electron chi connectivity index (χ0n) is 17.6. The molecule has 0 spiro atoms. The van der Waals surface area contributed by atoms with Gasteiger partial charge >= 0.3 is 0 Å². The number of nitrogens with one attached hydrogen (secondary N) is 2. The summed E-state index contributed by atoms with van der Waals surface area (Å²) < 4.78 is 11.3. The number of amides is 2. The molecule has 33 heavy (non-hydrogen) atoms. The van der Waals surface area contributed by atoms with E-state index in [0.29, 0.717) is 38.5 Å². The first-order chi connectivity index (χ1) is 16.0. The van der Waals surface area contributed by atoms with Gasteiger partial charge in [0.25, 0.3) is 5.91 Å². The van der Waals surface area contributed by atoms with E-state index in [9.17, 15) is 9.59 Å². The molecule has 0 aliphatic carbocycles. The first-order valence-electron chi connectivity index (χ1n) is 10.3. The first-order valence-corrected chi connectivity index (χ1v) is 10.7. The summed E-state index contributed by atoms with van der Waals surface area (Å²) in [5.74, 6) is -0.729. The van der Waals surface area contributed by atoms with Gasteiger partial charge in [-0.3, -0.25) is 9.59 Å². The Balaban J connectivity index is 1.45. The van der Waals surface area contributed by atoms with Gasteiger partial charge in [0.15, 0.2) is 0 Å². The summed E-state index contributed by atoms with van der Waals surface area (Å²) in [6, 6.07) is 19.9. The third-order valence-corrected chi connectivity index (χ3v) is 5.54. The van der Waals surface area contributed by atoms with E-state index in [4.69, 9.17) is 20.4 Å². The lowest BCUT2D eigenvalue weighted by Crippen LogP contribution is -2.18. The number of para-hydroxylation sites is 1. The number of furan rings is 2. The molecule has 0 bridgehead atoms. The van der Waals surface area contributed by atoms with E-state index < -0.39 is 5.91 Å². The summed E-state index contributed by atoms with van der Waals surface area (Å²) in [5.41, 5.74) is 3.82. The van der Waals surface area contributed by atoms with Crippen molar-refractivity contribution < 1.29 is 18.4 Å². The molecule has 0 saturated carbocycles. The van der Waals surface area contributed by atoms with Gasteiger partial charge in [0.05, 0.1) is 12.7 Å². The first kappa shape index (κ1) is 20.8. The van der Waals surface area contributed by atoms with E-state index in [1.807, 2.05) is 31.2 Å². The molecule has 0 radical (unpaired) electrons. The lowest BCUT2D eigenvalue weighted by Gasteiger charge is -2.08. The highest BCUT2D eigenvalue weighted by Crippen LogP contribution is 2.32. The zero-order valence-corrected chi connectivity index (χ0v) is 18.4. The molecule has 164 valence electrons. The Bertz CT molecular complexity index is 1520. The van der Waals surface area contributed by atoms with E-state index in [2.05, 4.69) is 10.6 Å². The second kappa shape index (κ2) is 8.48. The minimum absolute atomic E-state index is 0.0335. The van der Waals surface area contributed by atoms with Crippen LogP contribution < -0.4 is 10.6 Å². The van der Waals surface area contributed by atoms with Gasteiger partial charge in [0, 0.05) is 27.0 Å². The van der Waals surface area contributed by atoms with E-state index in [1.165, 1.54) is 0 Å². The smallest absolute Gasteiger partial charge is 0.293 e. The van der Waals surface area contributed by atoms with Crippen molar-refractivity contribution in [2.45, 2.75) is 13.3 Å². The van der Waals surface area contributed by atoms with Crippen LogP contribution in [-0.4, -0.2) is 11.8 Å². The second-order valence-corrected chi connectivity index (χ2v) is 8.19. The Morgan fingerprint density at radius 3 is 2.61 bits per heavy atom. The number of anilines is 2. The molecule has 0 aliphatic rings. The van der Waals surface area contributed by atoms with E-state index in [1.54, 1.807) is 48.7 Å². The van der Waals surface area contributed by atoms with Crippen LogP contribution in [0.3, 0.4) is 0 Å². The lowest BCUT2D eigenvalue weighted by molar-refractivity contribution is -0.115. The highest BCUT2D eigenvalue weighted by molar-refractivity contribution is 6.31. The second-order valence-electron chi connectivity index (χ2n) is 7.75. The third-order valence-electron chi connectivity index (χ3n) is 5.31. The molecule has 2 heterocycles. The molecule has 0 atom stereocenters. The molecule has 0 fully saturated rings. The topological polar surface area (TPSA) is 84.5 Å². The van der Waals surface area contributed by atoms with Gasteiger partial charge < -0.3 is 19.5 Å². The van der Waals surface area contributed by atoms with Gasteiger partial charge in [0.2, 0.25) is 11.7 Å². The van der Waals surface area contributed by atoms with Crippen LogP contribution in [0.5, 0.6) is 0 Å². The fourth-order valence-electron chi connectivity index (χ4n) is 3.79. The van der Waals surface area contributed by atoms with Crippen molar-refractivity contribution in [2.24, 2.45) is 0 Å². The molecule has 6 nitrogen and oxygen atoms in total. The molecule has 0 saturated heterocycles. The molecule has 2 aromatic heterocycles. The predicted octanol–water partition coefficient (Wildman–Crippen LogP) is 6.57. The van der Waals surface area contributed by atoms with E-state index in [0.717, 1.165) is 10.9 Å². The average molecular weight is 459 g/mol. The molecule has 0 unspecified atom stereocenters. The molecular formula is C26H19ClN2O4. The van der Waals surface area contributed by atoms with E-state index >= 15 is 0 Å². The fourth-order valence-corrected chi connectivity index (χ4v) is 3.96. The Morgan fingerprint density at radius 2 is 1.76 bits per heavy atom. The Morgan fingerprint density at radius 1 is 0.909 bits per heavy atom. The van der Waals surface area contributed by atoms with Gasteiger partial charge in [-0.05, 0) is 55.0 Å². The summed E-state index contributed by atoms with van der Waals surface area (Å²) in [4.78, 5) is 26.0. The minimum Gasteiger partial charge on any atom is -0.464 e. The number of halogens is 1. The number of fused-ring (bicyclic) bond motifs is 2. The predicted molar refractivity (Wildman–Crippen MR) is 129 cm³/mol. The molecule has 5 aromatic rings. The van der Waals surface area contributed by atoms with Crippen LogP contribution >= 0.6 is 11.6 Å². The number of benzene rings is 3. The van der Waals surface area contributed by atoms with Crippen LogP contribution in [-0.2, 0) is 11.2 Å². The average Bonchev–Trinajstić information content (AvgIpc) is 3.35. The summed E-state index contributed by atoms with van der Waals surface area (Å²) in [5, 5.41) is 7.66. The van der Waals surface area contributed by atoms with Crippen LogP contribution in [0.15, 0.2) is 81.8 Å². The van der Waals surface area contributed by atoms with Crippen molar-refractivity contribution in [3.05, 3.63) is 94.9 Å². The van der Waals surface area contributed by atoms with Gasteiger partial charge in [0.1, 0.15) is 16.9 Å². The Hall–Kier alpha value is -4.03. The van der Waals surface area contributed by atoms with Crippen LogP contribution in [0.1, 0.15) is 21.7 Å². The number of carbonyl (C=O) groups excluding carboxylic acids is 2. The fraction of sp³-hybridized carbons (Fsp3) is 0.0769. The quantitative estimate of drug-likeness (QED) is 0.312. The number of aryl methyl sites for hydroxylation is 1. The SMILES string of the molecule is Cc1cccc(NC(=O)c2oc3ccccc3c2NC(=O)Cc2coc3ccc(Cl)cc23)c1. The number of rotatable bonds is 5. The van der Waals surface area contributed by atoms with E-state index in [-0.39, 0.29) is 18.1 Å². The Labute approximate surface area is 194 Å². The molecular weight excluding hydrogens is 440 g/mol. The molecule has 2 N–H and O–H groups in total. The highest BCUT2D eigenvalue weighted by Gasteiger charge is 2.23. The van der Waals surface area contributed by atoms with Crippen molar-refractivity contribution in [1.29, 1.82) is 0 Å². The maximum atomic E-state index is 13.0. The van der Waals surface area contributed by atoms with Crippen LogP contribution in [0.4, 0.5) is 11.4 Å². The van der Waals surface area contributed by atoms with Crippen molar-refractivity contribution in [3.8, 4) is 0 Å². The largest absolute Gasteiger partial charge is 0.464 e. The summed E-state index contributed by atoms with van der Waals surface area (Å²) in [6.07, 6.45) is 1.59. The number of hydrogen-bond donors (Lipinski definition) is 2. The van der Waals surface area contributed by atoms with Crippen molar-refractivity contribution in [3.63, 3.8) is 0 Å². The standard InChI is InChI=1S/C26H19ClN2O4/c1-15-5-4-6-18(11-15)28-26(31)25-24(19-7-2-3-8-22(19)33-25)29-23(30)12-16-14-32-21-10-9-17(27)13-20(16)21/h2-11,13-14H,12H2,1H3,(H,28,31)(H,29,30). The van der Waals surface area contributed by atoms with Crippen LogP contribution in [0.25, 0.3) is 21.9 Å². The molecule has 0 aliphatic heterocycles. The van der Waals surface area contributed by atoms with Crippen molar-refractivity contribution in [1.82, 2.24) is 0 Å². The minimum atomic E-state index is -0.451. The van der Waals surface area contributed by atoms with Crippen molar-refractivity contribution >= 4 is 56.7 Å². The van der Waals surface area contributed by atoms with Crippen LogP contribution in [0.2, 0.25) is 5.02 Å². The third kappa shape index (κ3) is 4.21. The Kier molecular flexibility index (Phi) is 5.36. The lowest BCUT2D eigenvalue weighted by atomic mass is 10.1. The molecule has 5 rings (SSSR count). The maximum absolute atomic E-state index is 13.0. The summed E-state index contributed by atoms with van der Waals surface area (Å²) >= 11 is 6.10. The number of carbonyl (C=O) groups is 2. The summed E-state index contributed by atoms with van der Waals surface area (Å²) in [7, 11) is 0. The van der Waals surface area contributed by atoms with Crippen LogP contribution in [0, 0.1) is 6.92 Å². The molecule has 3 aromatic carbocycles. The zero-order chi connectivity index (χ0) is 22.9.